The fraction of sp³-hybridized carbons (Fsp3) is 0.333. The van der Waals surface area contributed by atoms with Crippen molar-refractivity contribution in [2.24, 2.45) is 0 Å². The third kappa shape index (κ3) is 4.51. The van der Waals surface area contributed by atoms with E-state index in [1.54, 1.807) is 21.3 Å². The Kier molecular flexibility index (Phi) is 6.49. The van der Waals surface area contributed by atoms with Gasteiger partial charge >= 0.3 is 0 Å². The zero-order valence-electron chi connectivity index (χ0n) is 20.5. The lowest BCUT2D eigenvalue weighted by Crippen LogP contribution is -2.48. The van der Waals surface area contributed by atoms with Gasteiger partial charge in [-0.25, -0.2) is 4.98 Å². The van der Waals surface area contributed by atoms with Crippen LogP contribution >= 0.6 is 11.3 Å². The number of methoxy groups -OCH3 is 3. The third-order valence-corrected chi connectivity index (χ3v) is 7.54. The molecule has 2 aromatic heterocycles. The highest BCUT2D eigenvalue weighted by Crippen LogP contribution is 2.40. The minimum Gasteiger partial charge on any atom is -0.493 e. The fourth-order valence-corrected chi connectivity index (χ4v) is 5.64. The molecule has 0 bridgehead atoms. The zero-order valence-corrected chi connectivity index (χ0v) is 21.3. The number of benzene rings is 2. The number of carbonyl (C=O) groups is 1. The van der Waals surface area contributed by atoms with E-state index in [2.05, 4.69) is 30.0 Å². The van der Waals surface area contributed by atoms with E-state index < -0.39 is 0 Å². The van der Waals surface area contributed by atoms with Gasteiger partial charge < -0.3 is 19.1 Å². The highest BCUT2D eigenvalue weighted by molar-refractivity contribution is 7.20. The molecule has 0 spiro atoms. The number of hydrogen-bond acceptors (Lipinski definition) is 7. The first-order valence-corrected chi connectivity index (χ1v) is 12.4. The van der Waals surface area contributed by atoms with Gasteiger partial charge in [0, 0.05) is 49.1 Å². The van der Waals surface area contributed by atoms with Gasteiger partial charge in [-0.1, -0.05) is 17.7 Å². The highest BCUT2D eigenvalue weighted by atomic mass is 32.1. The minimum atomic E-state index is 0.0802. The standard InChI is InChI=1S/C27H29N3O4S/c1-17-5-7-21-19(13-17)14-20-15-23(35-26(20)28-21)27(31)30-11-9-29(10-12-30)16-18-6-8-22(32-2)25(34-4)24(18)33-3/h5-8,13-15H,9-12,16H2,1-4H3. The average Bonchev–Trinajstić information content (AvgIpc) is 3.29. The molecule has 0 unspecified atom stereocenters. The number of ether oxygens (including phenoxy) is 3. The number of aromatic nitrogens is 1. The second-order valence-electron chi connectivity index (χ2n) is 8.75. The SMILES string of the molecule is COc1ccc(CN2CCN(C(=O)c3cc4cc5cc(C)ccc5nc4s3)CC2)c(OC)c1OC. The summed E-state index contributed by atoms with van der Waals surface area (Å²) in [5.41, 5.74) is 3.19. The molecule has 8 heteroatoms. The molecule has 1 aliphatic heterocycles. The lowest BCUT2D eigenvalue weighted by molar-refractivity contribution is 0.0632. The number of amides is 1. The Labute approximate surface area is 208 Å². The van der Waals surface area contributed by atoms with Gasteiger partial charge in [-0.15, -0.1) is 11.3 Å². The van der Waals surface area contributed by atoms with Crippen LogP contribution in [0, 0.1) is 6.92 Å². The maximum atomic E-state index is 13.3. The molecule has 5 rings (SSSR count). The monoisotopic (exact) mass is 491 g/mol. The molecule has 0 saturated carbocycles. The Balaban J connectivity index is 1.28. The third-order valence-electron chi connectivity index (χ3n) is 6.51. The summed E-state index contributed by atoms with van der Waals surface area (Å²) in [6.45, 7) is 5.72. The van der Waals surface area contributed by atoms with Crippen molar-refractivity contribution in [3.63, 3.8) is 0 Å². The number of nitrogens with zero attached hydrogens (tertiary/aromatic N) is 3. The molecule has 0 N–H and O–H groups in total. The molecular formula is C27H29N3O4S. The summed E-state index contributed by atoms with van der Waals surface area (Å²) in [6, 6.07) is 14.3. The highest BCUT2D eigenvalue weighted by Gasteiger charge is 2.25. The van der Waals surface area contributed by atoms with Gasteiger partial charge in [0.1, 0.15) is 4.83 Å². The number of fused-ring (bicyclic) bond motifs is 2. The summed E-state index contributed by atoms with van der Waals surface area (Å²) in [5.74, 6) is 2.01. The summed E-state index contributed by atoms with van der Waals surface area (Å²) in [6.07, 6.45) is 0. The Hall–Kier alpha value is -3.36. The normalized spacial score (nSPS) is 14.5. The molecular weight excluding hydrogens is 462 g/mol. The van der Waals surface area contributed by atoms with Crippen LogP contribution in [0.4, 0.5) is 0 Å². The van der Waals surface area contributed by atoms with Crippen LogP contribution in [0.3, 0.4) is 0 Å². The number of carbonyl (C=O) groups excluding carboxylic acids is 1. The van der Waals surface area contributed by atoms with Crippen LogP contribution in [-0.2, 0) is 6.54 Å². The van der Waals surface area contributed by atoms with Gasteiger partial charge in [0.2, 0.25) is 5.75 Å². The Morgan fingerprint density at radius 3 is 2.40 bits per heavy atom. The summed E-state index contributed by atoms with van der Waals surface area (Å²) in [7, 11) is 4.87. The van der Waals surface area contributed by atoms with Gasteiger partial charge in [0.25, 0.3) is 5.91 Å². The van der Waals surface area contributed by atoms with Crippen LogP contribution < -0.4 is 14.2 Å². The van der Waals surface area contributed by atoms with E-state index >= 15 is 0 Å². The summed E-state index contributed by atoms with van der Waals surface area (Å²) >= 11 is 1.48. The average molecular weight is 492 g/mol. The molecule has 0 aliphatic carbocycles. The molecule has 35 heavy (non-hydrogen) atoms. The lowest BCUT2D eigenvalue weighted by atomic mass is 10.1. The van der Waals surface area contributed by atoms with Gasteiger partial charge in [0.05, 0.1) is 31.7 Å². The predicted octanol–water partition coefficient (Wildman–Crippen LogP) is 4.74. The number of rotatable bonds is 6. The number of thiophene rings is 1. The number of hydrogen-bond donors (Lipinski definition) is 0. The summed E-state index contributed by atoms with van der Waals surface area (Å²) < 4.78 is 16.5. The van der Waals surface area contributed by atoms with E-state index in [1.165, 1.54) is 16.9 Å². The molecule has 1 amide bonds. The minimum absolute atomic E-state index is 0.0802. The lowest BCUT2D eigenvalue weighted by Gasteiger charge is -2.34. The van der Waals surface area contributed by atoms with Gasteiger partial charge in [-0.3, -0.25) is 9.69 Å². The van der Waals surface area contributed by atoms with Crippen molar-refractivity contribution in [2.45, 2.75) is 13.5 Å². The van der Waals surface area contributed by atoms with Crippen molar-refractivity contribution in [3.8, 4) is 17.2 Å². The largest absolute Gasteiger partial charge is 0.493 e. The van der Waals surface area contributed by atoms with Crippen LogP contribution in [0.25, 0.3) is 21.1 Å². The molecule has 1 saturated heterocycles. The van der Waals surface area contributed by atoms with Crippen LogP contribution in [-0.4, -0.2) is 68.2 Å². The zero-order chi connectivity index (χ0) is 24.5. The Morgan fingerprint density at radius 2 is 1.69 bits per heavy atom. The van der Waals surface area contributed by atoms with Crippen molar-refractivity contribution in [2.75, 3.05) is 47.5 Å². The molecule has 0 atom stereocenters. The van der Waals surface area contributed by atoms with Crippen molar-refractivity contribution >= 4 is 38.4 Å². The van der Waals surface area contributed by atoms with E-state index in [4.69, 9.17) is 19.2 Å². The summed E-state index contributed by atoms with van der Waals surface area (Å²) in [4.78, 5) is 24.0. The fourth-order valence-electron chi connectivity index (χ4n) is 4.65. The maximum Gasteiger partial charge on any atom is 0.264 e. The molecule has 7 nitrogen and oxygen atoms in total. The smallest absolute Gasteiger partial charge is 0.264 e. The number of aryl methyl sites for hydroxylation is 1. The van der Waals surface area contributed by atoms with Crippen molar-refractivity contribution in [1.29, 1.82) is 0 Å². The predicted molar refractivity (Wildman–Crippen MR) is 139 cm³/mol. The molecule has 182 valence electrons. The molecule has 0 radical (unpaired) electrons. The first-order chi connectivity index (χ1) is 17.0. The van der Waals surface area contributed by atoms with Gasteiger partial charge in [-0.05, 0) is 37.3 Å². The molecule has 3 heterocycles. The van der Waals surface area contributed by atoms with E-state index in [0.717, 1.165) is 44.6 Å². The van der Waals surface area contributed by atoms with E-state index in [-0.39, 0.29) is 5.91 Å². The van der Waals surface area contributed by atoms with Crippen LogP contribution in [0.2, 0.25) is 0 Å². The van der Waals surface area contributed by atoms with E-state index in [9.17, 15) is 4.79 Å². The van der Waals surface area contributed by atoms with Crippen molar-refractivity contribution in [3.05, 3.63) is 58.5 Å². The molecule has 1 aliphatic rings. The first-order valence-electron chi connectivity index (χ1n) is 11.6. The summed E-state index contributed by atoms with van der Waals surface area (Å²) in [5, 5.41) is 2.13. The maximum absolute atomic E-state index is 13.3. The van der Waals surface area contributed by atoms with Crippen molar-refractivity contribution < 1.29 is 19.0 Å². The van der Waals surface area contributed by atoms with Gasteiger partial charge in [0.15, 0.2) is 11.5 Å². The topological polar surface area (TPSA) is 64.1 Å². The number of piperazine rings is 1. The quantitative estimate of drug-likeness (QED) is 0.388. The Bertz CT molecular complexity index is 1390. The van der Waals surface area contributed by atoms with E-state index in [0.29, 0.717) is 36.9 Å². The van der Waals surface area contributed by atoms with Crippen molar-refractivity contribution in [1.82, 2.24) is 14.8 Å². The van der Waals surface area contributed by atoms with Crippen LogP contribution in [0.15, 0.2) is 42.5 Å². The molecule has 4 aromatic rings. The molecule has 1 fully saturated rings. The second-order valence-corrected chi connectivity index (χ2v) is 9.78. The number of pyridine rings is 1. The molecule has 2 aromatic carbocycles. The van der Waals surface area contributed by atoms with Gasteiger partial charge in [-0.2, -0.15) is 0 Å². The van der Waals surface area contributed by atoms with Crippen LogP contribution in [0.1, 0.15) is 20.8 Å². The Morgan fingerprint density at radius 1 is 0.914 bits per heavy atom. The van der Waals surface area contributed by atoms with Crippen LogP contribution in [0.5, 0.6) is 17.2 Å². The van der Waals surface area contributed by atoms with E-state index in [1.807, 2.05) is 29.2 Å². The second kappa shape index (κ2) is 9.71. The first kappa shape index (κ1) is 23.4.